The number of alkyl halides is 3. The Morgan fingerprint density at radius 3 is 2.59 bits per heavy atom. The van der Waals surface area contributed by atoms with Crippen LogP contribution in [0.1, 0.15) is 18.1 Å². The summed E-state index contributed by atoms with van der Waals surface area (Å²) in [6.07, 6.45) is -0.939. The van der Waals surface area contributed by atoms with Crippen molar-refractivity contribution in [3.8, 4) is 0 Å². The lowest BCUT2D eigenvalue weighted by atomic mass is 9.94. The van der Waals surface area contributed by atoms with Crippen molar-refractivity contribution in [2.45, 2.75) is 25.2 Å². The first-order chi connectivity index (χ1) is 10.3. The highest BCUT2D eigenvalue weighted by Gasteiger charge is 2.32. The molecule has 22 heavy (non-hydrogen) atoms. The number of rotatable bonds is 6. The van der Waals surface area contributed by atoms with Gasteiger partial charge in [0.15, 0.2) is 0 Å². The maximum Gasteiger partial charge on any atom is 0.416 e. The van der Waals surface area contributed by atoms with Crippen molar-refractivity contribution < 1.29 is 18.3 Å². The SMILES string of the molecule is C[C@](O)(CNCCn1cccn1)c1cccc(C(F)(F)F)c1. The van der Waals surface area contributed by atoms with Crippen molar-refractivity contribution in [1.29, 1.82) is 0 Å². The lowest BCUT2D eigenvalue weighted by Gasteiger charge is -2.25. The van der Waals surface area contributed by atoms with E-state index in [1.807, 2.05) is 6.20 Å². The Morgan fingerprint density at radius 2 is 1.95 bits per heavy atom. The summed E-state index contributed by atoms with van der Waals surface area (Å²) in [4.78, 5) is 0. The monoisotopic (exact) mass is 313 g/mol. The minimum atomic E-state index is -4.42. The van der Waals surface area contributed by atoms with Crippen molar-refractivity contribution in [2.24, 2.45) is 0 Å². The molecule has 0 saturated heterocycles. The summed E-state index contributed by atoms with van der Waals surface area (Å²) >= 11 is 0. The van der Waals surface area contributed by atoms with Gasteiger partial charge in [0, 0.05) is 25.5 Å². The summed E-state index contributed by atoms with van der Waals surface area (Å²) in [6, 6.07) is 6.57. The normalized spacial score (nSPS) is 14.8. The van der Waals surface area contributed by atoms with Gasteiger partial charge in [-0.3, -0.25) is 4.68 Å². The van der Waals surface area contributed by atoms with E-state index in [9.17, 15) is 18.3 Å². The third kappa shape index (κ3) is 4.32. The summed E-state index contributed by atoms with van der Waals surface area (Å²) in [7, 11) is 0. The van der Waals surface area contributed by atoms with Crippen molar-refractivity contribution in [2.75, 3.05) is 13.1 Å². The van der Waals surface area contributed by atoms with Gasteiger partial charge >= 0.3 is 6.18 Å². The minimum Gasteiger partial charge on any atom is -0.384 e. The van der Waals surface area contributed by atoms with Crippen LogP contribution in [0.15, 0.2) is 42.7 Å². The molecule has 1 heterocycles. The zero-order chi connectivity index (χ0) is 16.2. The van der Waals surface area contributed by atoms with E-state index >= 15 is 0 Å². The molecule has 0 saturated carbocycles. The largest absolute Gasteiger partial charge is 0.416 e. The second-order valence-corrected chi connectivity index (χ2v) is 5.30. The van der Waals surface area contributed by atoms with Crippen LogP contribution in [0.25, 0.3) is 0 Å². The van der Waals surface area contributed by atoms with Crippen molar-refractivity contribution >= 4 is 0 Å². The van der Waals surface area contributed by atoms with Crippen LogP contribution in [-0.4, -0.2) is 28.0 Å². The predicted molar refractivity (Wildman–Crippen MR) is 76.1 cm³/mol. The van der Waals surface area contributed by atoms with E-state index in [2.05, 4.69) is 10.4 Å². The van der Waals surface area contributed by atoms with Crippen LogP contribution in [0, 0.1) is 0 Å². The van der Waals surface area contributed by atoms with Crippen LogP contribution in [0.3, 0.4) is 0 Å². The average molecular weight is 313 g/mol. The zero-order valence-corrected chi connectivity index (χ0v) is 12.1. The van der Waals surface area contributed by atoms with Gasteiger partial charge < -0.3 is 10.4 Å². The summed E-state index contributed by atoms with van der Waals surface area (Å²) in [5, 5.41) is 17.4. The number of nitrogens with one attached hydrogen (secondary N) is 1. The Morgan fingerprint density at radius 1 is 1.23 bits per heavy atom. The molecule has 2 rings (SSSR count). The quantitative estimate of drug-likeness (QED) is 0.805. The fourth-order valence-corrected chi connectivity index (χ4v) is 2.09. The third-order valence-corrected chi connectivity index (χ3v) is 3.36. The van der Waals surface area contributed by atoms with E-state index in [1.165, 1.54) is 19.1 Å². The van der Waals surface area contributed by atoms with Gasteiger partial charge in [0.1, 0.15) is 0 Å². The van der Waals surface area contributed by atoms with Crippen LogP contribution in [0.2, 0.25) is 0 Å². The minimum absolute atomic E-state index is 0.148. The van der Waals surface area contributed by atoms with E-state index in [4.69, 9.17) is 0 Å². The molecule has 2 N–H and O–H groups in total. The lowest BCUT2D eigenvalue weighted by Crippen LogP contribution is -2.37. The molecular weight excluding hydrogens is 295 g/mol. The molecule has 0 unspecified atom stereocenters. The van der Waals surface area contributed by atoms with Gasteiger partial charge in [0.05, 0.1) is 17.7 Å². The van der Waals surface area contributed by atoms with Crippen molar-refractivity contribution in [3.05, 3.63) is 53.9 Å². The molecule has 1 aromatic heterocycles. The molecule has 2 aromatic rings. The number of hydrogen-bond donors (Lipinski definition) is 2. The molecule has 0 fully saturated rings. The fourth-order valence-electron chi connectivity index (χ4n) is 2.09. The topological polar surface area (TPSA) is 50.1 Å². The van der Waals surface area contributed by atoms with Crippen LogP contribution in [0.5, 0.6) is 0 Å². The molecule has 120 valence electrons. The maximum absolute atomic E-state index is 12.7. The number of benzene rings is 1. The number of nitrogens with zero attached hydrogens (tertiary/aromatic N) is 2. The Kier molecular flexibility index (Phi) is 4.87. The highest BCUT2D eigenvalue weighted by molar-refractivity contribution is 5.29. The van der Waals surface area contributed by atoms with E-state index in [1.54, 1.807) is 16.9 Å². The molecule has 1 aromatic carbocycles. The Labute approximate surface area is 126 Å². The maximum atomic E-state index is 12.7. The lowest BCUT2D eigenvalue weighted by molar-refractivity contribution is -0.137. The van der Waals surface area contributed by atoms with E-state index in [0.717, 1.165) is 12.1 Å². The van der Waals surface area contributed by atoms with Gasteiger partial charge in [-0.05, 0) is 30.7 Å². The molecule has 4 nitrogen and oxygen atoms in total. The number of hydrogen-bond acceptors (Lipinski definition) is 3. The van der Waals surface area contributed by atoms with Crippen molar-refractivity contribution in [3.63, 3.8) is 0 Å². The summed E-state index contributed by atoms with van der Waals surface area (Å²) in [5.74, 6) is 0. The van der Waals surface area contributed by atoms with Gasteiger partial charge in [-0.25, -0.2) is 0 Å². The van der Waals surface area contributed by atoms with E-state index in [0.29, 0.717) is 13.1 Å². The fraction of sp³-hybridized carbons (Fsp3) is 0.400. The van der Waals surface area contributed by atoms with Gasteiger partial charge in [-0.1, -0.05) is 12.1 Å². The smallest absolute Gasteiger partial charge is 0.384 e. The van der Waals surface area contributed by atoms with Gasteiger partial charge in [-0.15, -0.1) is 0 Å². The molecule has 7 heteroatoms. The van der Waals surface area contributed by atoms with Gasteiger partial charge in [0.25, 0.3) is 0 Å². The first-order valence-corrected chi connectivity index (χ1v) is 6.87. The molecule has 0 bridgehead atoms. The number of halogens is 3. The molecule has 0 radical (unpaired) electrons. The molecule has 0 amide bonds. The Hall–Kier alpha value is -1.86. The highest BCUT2D eigenvalue weighted by atomic mass is 19.4. The van der Waals surface area contributed by atoms with Crippen LogP contribution < -0.4 is 5.32 Å². The molecule has 0 aliphatic carbocycles. The highest BCUT2D eigenvalue weighted by Crippen LogP contribution is 2.31. The van der Waals surface area contributed by atoms with E-state index in [-0.39, 0.29) is 12.1 Å². The predicted octanol–water partition coefficient (Wildman–Crippen LogP) is 2.40. The molecule has 1 atom stereocenters. The van der Waals surface area contributed by atoms with Crippen LogP contribution in [-0.2, 0) is 18.3 Å². The molecular formula is C15H18F3N3O. The standard InChI is InChI=1S/C15H18F3N3O/c1-14(22,11-19-7-9-21-8-3-6-20-21)12-4-2-5-13(10-12)15(16,17)18/h2-6,8,10,19,22H,7,9,11H2,1H3/t14-/m0/s1. The van der Waals surface area contributed by atoms with Gasteiger partial charge in [-0.2, -0.15) is 18.3 Å². The second kappa shape index (κ2) is 6.50. The Bertz CT molecular complexity index is 594. The summed E-state index contributed by atoms with van der Waals surface area (Å²) in [6.45, 7) is 2.81. The summed E-state index contributed by atoms with van der Waals surface area (Å²) < 4.78 is 39.9. The molecule has 0 spiro atoms. The second-order valence-electron chi connectivity index (χ2n) is 5.30. The van der Waals surface area contributed by atoms with E-state index < -0.39 is 17.3 Å². The average Bonchev–Trinajstić information content (AvgIpc) is 2.96. The summed E-state index contributed by atoms with van der Waals surface area (Å²) in [5.41, 5.74) is -1.92. The third-order valence-electron chi connectivity index (χ3n) is 3.36. The van der Waals surface area contributed by atoms with Gasteiger partial charge in [0.2, 0.25) is 0 Å². The molecule has 0 aliphatic heterocycles. The van der Waals surface area contributed by atoms with Crippen LogP contribution >= 0.6 is 0 Å². The first kappa shape index (κ1) is 16.5. The zero-order valence-electron chi connectivity index (χ0n) is 12.1. The van der Waals surface area contributed by atoms with Crippen molar-refractivity contribution in [1.82, 2.24) is 15.1 Å². The molecule has 0 aliphatic rings. The first-order valence-electron chi connectivity index (χ1n) is 6.87. The number of aliphatic hydroxyl groups is 1. The Balaban J connectivity index is 1.94. The van der Waals surface area contributed by atoms with Crippen LogP contribution in [0.4, 0.5) is 13.2 Å². The number of aromatic nitrogens is 2.